The minimum absolute atomic E-state index is 0. The van der Waals surface area contributed by atoms with Crippen LogP contribution in [0, 0.1) is 12.8 Å². The molecule has 1 fully saturated rings. The first-order valence-electron chi connectivity index (χ1n) is 5.73. The van der Waals surface area contributed by atoms with E-state index in [1.807, 2.05) is 6.92 Å². The number of nitrogens with two attached hydrogens (primary N) is 1. The third-order valence-corrected chi connectivity index (χ3v) is 3.76. The fourth-order valence-electron chi connectivity index (χ4n) is 1.89. The molecule has 1 aromatic heterocycles. The summed E-state index contributed by atoms with van der Waals surface area (Å²) in [5.41, 5.74) is 5.96. The van der Waals surface area contributed by atoms with E-state index in [2.05, 4.69) is 10.3 Å². The molecule has 0 aliphatic carbocycles. The topological polar surface area (TPSA) is 77.2 Å². The van der Waals surface area contributed by atoms with E-state index in [4.69, 9.17) is 10.5 Å². The molecule has 5 nitrogen and oxygen atoms in total. The first-order chi connectivity index (χ1) is 8.16. The van der Waals surface area contributed by atoms with Gasteiger partial charge in [0.2, 0.25) is 5.91 Å². The molecule has 1 aromatic rings. The number of nitrogens with zero attached hydrogens (tertiary/aromatic N) is 1. The van der Waals surface area contributed by atoms with Gasteiger partial charge in [0, 0.05) is 24.3 Å². The van der Waals surface area contributed by atoms with E-state index in [1.54, 1.807) is 6.20 Å². The number of amides is 1. The Kier molecular flexibility index (Phi) is 6.01. The molecule has 1 aliphatic heterocycles. The fraction of sp³-hybridized carbons (Fsp3) is 0.636. The number of carbonyl (C=O) groups excluding carboxylic acids is 1. The molecule has 1 aliphatic rings. The van der Waals surface area contributed by atoms with Crippen molar-refractivity contribution in [3.05, 3.63) is 11.1 Å². The van der Waals surface area contributed by atoms with Crippen LogP contribution in [0.5, 0.6) is 0 Å². The second-order valence-corrected chi connectivity index (χ2v) is 5.48. The summed E-state index contributed by atoms with van der Waals surface area (Å²) in [7, 11) is 0. The molecule has 1 amide bonds. The van der Waals surface area contributed by atoms with Crippen LogP contribution in [-0.2, 0) is 9.53 Å². The summed E-state index contributed by atoms with van der Waals surface area (Å²) in [4.78, 5) is 17.1. The van der Waals surface area contributed by atoms with Crippen LogP contribution >= 0.6 is 23.7 Å². The van der Waals surface area contributed by atoms with Crippen LogP contribution in [0.2, 0.25) is 0 Å². The molecule has 3 N–H and O–H groups in total. The molecule has 0 bridgehead atoms. The third kappa shape index (κ3) is 3.91. The van der Waals surface area contributed by atoms with Gasteiger partial charge < -0.3 is 15.8 Å². The Labute approximate surface area is 117 Å². The van der Waals surface area contributed by atoms with Gasteiger partial charge in [0.15, 0.2) is 5.13 Å². The van der Waals surface area contributed by atoms with Crippen molar-refractivity contribution in [3.63, 3.8) is 0 Å². The molecule has 7 heteroatoms. The van der Waals surface area contributed by atoms with Crippen LogP contribution in [0.3, 0.4) is 0 Å². The van der Waals surface area contributed by atoms with Crippen molar-refractivity contribution in [3.8, 4) is 0 Å². The lowest BCUT2D eigenvalue weighted by Crippen LogP contribution is -2.43. The molecule has 0 spiro atoms. The zero-order chi connectivity index (χ0) is 12.3. The fourth-order valence-corrected chi connectivity index (χ4v) is 2.56. The Hall–Kier alpha value is -0.690. The zero-order valence-corrected chi connectivity index (χ0v) is 11.9. The summed E-state index contributed by atoms with van der Waals surface area (Å²) in [6, 6.07) is -0.469. The maximum Gasteiger partial charge on any atom is 0.243 e. The summed E-state index contributed by atoms with van der Waals surface area (Å²) in [6.45, 7) is 3.34. The number of halogens is 1. The smallest absolute Gasteiger partial charge is 0.243 e. The van der Waals surface area contributed by atoms with E-state index in [0.717, 1.165) is 17.7 Å². The number of carbonyl (C=O) groups is 1. The number of aryl methyl sites for hydroxylation is 1. The number of ether oxygens (including phenoxy) is 1. The predicted molar refractivity (Wildman–Crippen MR) is 74.2 cm³/mol. The van der Waals surface area contributed by atoms with Gasteiger partial charge in [-0.1, -0.05) is 0 Å². The van der Waals surface area contributed by atoms with Crippen LogP contribution in [0.4, 0.5) is 5.13 Å². The summed E-state index contributed by atoms with van der Waals surface area (Å²) < 4.78 is 5.25. The highest BCUT2D eigenvalue weighted by Gasteiger charge is 2.26. The Bertz CT molecular complexity index is 393. The Balaban J connectivity index is 0.00000162. The second kappa shape index (κ2) is 7.04. The van der Waals surface area contributed by atoms with Gasteiger partial charge in [0.1, 0.15) is 0 Å². The molecule has 1 saturated heterocycles. The molecule has 1 unspecified atom stereocenters. The highest BCUT2D eigenvalue weighted by molar-refractivity contribution is 7.15. The molecule has 0 radical (unpaired) electrons. The Morgan fingerprint density at radius 2 is 2.28 bits per heavy atom. The maximum atomic E-state index is 11.9. The molecule has 1 atom stereocenters. The highest BCUT2D eigenvalue weighted by Crippen LogP contribution is 2.20. The van der Waals surface area contributed by atoms with Gasteiger partial charge in [-0.15, -0.1) is 23.7 Å². The van der Waals surface area contributed by atoms with Crippen molar-refractivity contribution in [1.82, 2.24) is 4.98 Å². The van der Waals surface area contributed by atoms with Crippen molar-refractivity contribution >= 4 is 34.8 Å². The van der Waals surface area contributed by atoms with Crippen LogP contribution in [0.1, 0.15) is 17.7 Å². The monoisotopic (exact) mass is 291 g/mol. The van der Waals surface area contributed by atoms with Crippen molar-refractivity contribution in [2.45, 2.75) is 25.8 Å². The van der Waals surface area contributed by atoms with Crippen molar-refractivity contribution in [1.29, 1.82) is 0 Å². The third-order valence-electron chi connectivity index (χ3n) is 2.93. The normalized spacial score (nSPS) is 17.9. The standard InChI is InChI=1S/C11H17N3O2S.ClH/c1-7-6-13-11(17-7)14-10(15)9(12)8-2-4-16-5-3-8;/h6,8-9H,2-5,12H2,1H3,(H,13,14,15);1H. The molecule has 2 rings (SSSR count). The maximum absolute atomic E-state index is 11.9. The summed E-state index contributed by atoms with van der Waals surface area (Å²) >= 11 is 1.46. The number of thiazole rings is 1. The summed E-state index contributed by atoms with van der Waals surface area (Å²) in [6.07, 6.45) is 3.44. The van der Waals surface area contributed by atoms with Gasteiger partial charge in [-0.25, -0.2) is 4.98 Å². The van der Waals surface area contributed by atoms with Crippen LogP contribution in [-0.4, -0.2) is 30.1 Å². The molecular weight excluding hydrogens is 274 g/mol. The summed E-state index contributed by atoms with van der Waals surface area (Å²) in [5.74, 6) is 0.0658. The van der Waals surface area contributed by atoms with E-state index in [0.29, 0.717) is 18.3 Å². The van der Waals surface area contributed by atoms with Crippen molar-refractivity contribution in [2.24, 2.45) is 11.7 Å². The predicted octanol–water partition coefficient (Wildman–Crippen LogP) is 1.57. The molecule has 2 heterocycles. The van der Waals surface area contributed by atoms with Crippen LogP contribution in [0.25, 0.3) is 0 Å². The number of hydrogen-bond donors (Lipinski definition) is 2. The molecule has 0 aromatic carbocycles. The Morgan fingerprint density at radius 3 is 2.83 bits per heavy atom. The van der Waals surface area contributed by atoms with E-state index >= 15 is 0 Å². The van der Waals surface area contributed by atoms with E-state index in [1.165, 1.54) is 11.3 Å². The van der Waals surface area contributed by atoms with Gasteiger partial charge in [0.05, 0.1) is 6.04 Å². The van der Waals surface area contributed by atoms with Crippen LogP contribution < -0.4 is 11.1 Å². The minimum atomic E-state index is -0.469. The van der Waals surface area contributed by atoms with Gasteiger partial charge in [0.25, 0.3) is 0 Å². The first-order valence-corrected chi connectivity index (χ1v) is 6.55. The number of rotatable bonds is 3. The average molecular weight is 292 g/mol. The van der Waals surface area contributed by atoms with Gasteiger partial charge >= 0.3 is 0 Å². The molecule has 0 saturated carbocycles. The zero-order valence-electron chi connectivity index (χ0n) is 10.2. The lowest BCUT2D eigenvalue weighted by Gasteiger charge is -2.26. The number of nitrogens with one attached hydrogen (secondary N) is 1. The average Bonchev–Trinajstić information content (AvgIpc) is 2.75. The quantitative estimate of drug-likeness (QED) is 0.886. The summed E-state index contributed by atoms with van der Waals surface area (Å²) in [5, 5.41) is 3.38. The Morgan fingerprint density at radius 1 is 1.61 bits per heavy atom. The van der Waals surface area contributed by atoms with E-state index < -0.39 is 6.04 Å². The van der Waals surface area contributed by atoms with Crippen molar-refractivity contribution in [2.75, 3.05) is 18.5 Å². The SMILES string of the molecule is Cc1cnc(NC(=O)C(N)C2CCOCC2)s1.Cl. The molecular formula is C11H18ClN3O2S. The lowest BCUT2D eigenvalue weighted by molar-refractivity contribution is -0.119. The largest absolute Gasteiger partial charge is 0.381 e. The van der Waals surface area contributed by atoms with Crippen LogP contribution in [0.15, 0.2) is 6.20 Å². The lowest BCUT2D eigenvalue weighted by atomic mass is 9.92. The highest BCUT2D eigenvalue weighted by atomic mass is 35.5. The van der Waals surface area contributed by atoms with Gasteiger partial charge in [-0.2, -0.15) is 0 Å². The number of hydrogen-bond acceptors (Lipinski definition) is 5. The number of aromatic nitrogens is 1. The number of anilines is 1. The van der Waals surface area contributed by atoms with Gasteiger partial charge in [-0.3, -0.25) is 4.79 Å². The van der Waals surface area contributed by atoms with E-state index in [-0.39, 0.29) is 24.2 Å². The van der Waals surface area contributed by atoms with Gasteiger partial charge in [-0.05, 0) is 25.7 Å². The minimum Gasteiger partial charge on any atom is -0.381 e. The first kappa shape index (κ1) is 15.4. The molecule has 18 heavy (non-hydrogen) atoms. The second-order valence-electron chi connectivity index (χ2n) is 4.24. The molecule has 102 valence electrons. The van der Waals surface area contributed by atoms with E-state index in [9.17, 15) is 4.79 Å². The van der Waals surface area contributed by atoms with Crippen molar-refractivity contribution < 1.29 is 9.53 Å².